The van der Waals surface area contributed by atoms with Crippen LogP contribution in [-0.4, -0.2) is 14.5 Å². The second kappa shape index (κ2) is 9.46. The lowest BCUT2D eigenvalue weighted by Gasteiger charge is -2.14. The van der Waals surface area contributed by atoms with E-state index < -0.39 is 0 Å². The molecule has 0 atom stereocenters. The van der Waals surface area contributed by atoms with E-state index in [2.05, 4.69) is 144 Å². The third kappa shape index (κ3) is 3.55. The largest absolute Gasteiger partial charge is 0.292 e. The van der Waals surface area contributed by atoms with Gasteiger partial charge in [0.05, 0.1) is 11.0 Å². The highest BCUT2D eigenvalue weighted by atomic mass is 32.1. The fraction of sp³-hybridized carbons (Fsp3) is 0. The van der Waals surface area contributed by atoms with Crippen molar-refractivity contribution in [2.75, 3.05) is 0 Å². The van der Waals surface area contributed by atoms with Crippen molar-refractivity contribution < 1.29 is 0 Å². The molecule has 5 heteroatoms. The van der Waals surface area contributed by atoms with Crippen molar-refractivity contribution in [2.24, 2.45) is 0 Å². The molecule has 3 nitrogen and oxygen atoms in total. The summed E-state index contributed by atoms with van der Waals surface area (Å²) >= 11 is 3.59. The number of benzene rings is 7. The van der Waals surface area contributed by atoms with Gasteiger partial charge in [0.25, 0.3) is 0 Å². The zero-order chi connectivity index (χ0) is 30.6. The highest BCUT2D eigenvalue weighted by Gasteiger charge is 2.23. The minimum Gasteiger partial charge on any atom is -0.292 e. The molecule has 0 aliphatic heterocycles. The Labute approximate surface area is 276 Å². The van der Waals surface area contributed by atoms with E-state index in [9.17, 15) is 0 Å². The minimum absolute atomic E-state index is 0.856. The van der Waals surface area contributed by atoms with Crippen LogP contribution in [0.2, 0.25) is 0 Å². The predicted octanol–water partition coefficient (Wildman–Crippen LogP) is 12.3. The fourth-order valence-electron chi connectivity index (χ4n) is 7.48. The Morgan fingerprint density at radius 3 is 2.06 bits per heavy atom. The number of hydrogen-bond acceptors (Lipinski definition) is 4. The minimum atomic E-state index is 0.856. The Kier molecular flexibility index (Phi) is 5.14. The Bertz CT molecular complexity index is 3080. The van der Waals surface area contributed by atoms with Crippen LogP contribution in [0.5, 0.6) is 0 Å². The molecule has 0 fully saturated rings. The Morgan fingerprint density at radius 1 is 0.447 bits per heavy atom. The molecular formula is C42H23N3S2. The molecular weight excluding hydrogens is 611 g/mol. The summed E-state index contributed by atoms with van der Waals surface area (Å²) in [6.45, 7) is 0. The Morgan fingerprint density at radius 2 is 1.17 bits per heavy atom. The van der Waals surface area contributed by atoms with E-state index in [1.165, 1.54) is 57.2 Å². The van der Waals surface area contributed by atoms with E-state index in [0.29, 0.717) is 0 Å². The number of nitrogens with zero attached hydrogens (tertiary/aromatic N) is 3. The van der Waals surface area contributed by atoms with Gasteiger partial charge in [-0.1, -0.05) is 115 Å². The van der Waals surface area contributed by atoms with Crippen LogP contribution in [-0.2, 0) is 0 Å². The first-order chi connectivity index (χ1) is 23.3. The summed E-state index contributed by atoms with van der Waals surface area (Å²) in [4.78, 5) is 12.0. The normalized spacial score (nSPS) is 12.3. The lowest BCUT2D eigenvalue weighted by atomic mass is 10.0. The van der Waals surface area contributed by atoms with E-state index >= 15 is 0 Å². The van der Waals surface area contributed by atoms with Crippen LogP contribution in [0, 0.1) is 0 Å². The first-order valence-corrected chi connectivity index (χ1v) is 17.4. The summed E-state index contributed by atoms with van der Waals surface area (Å²) < 4.78 is 6.17. The molecule has 0 N–H and O–H groups in total. The van der Waals surface area contributed by atoms with Crippen LogP contribution < -0.4 is 0 Å². The summed E-state index contributed by atoms with van der Waals surface area (Å²) in [6, 6.07) is 50.4. The van der Waals surface area contributed by atoms with E-state index in [4.69, 9.17) is 9.97 Å². The van der Waals surface area contributed by atoms with Crippen molar-refractivity contribution in [3.05, 3.63) is 140 Å². The average Bonchev–Trinajstić information content (AvgIpc) is 3.78. The predicted molar refractivity (Wildman–Crippen MR) is 203 cm³/mol. The molecule has 11 rings (SSSR count). The first-order valence-electron chi connectivity index (χ1n) is 15.8. The number of para-hydroxylation sites is 1. The highest BCUT2D eigenvalue weighted by molar-refractivity contribution is 7.26. The monoisotopic (exact) mass is 633 g/mol. The van der Waals surface area contributed by atoms with Crippen LogP contribution in [0.15, 0.2) is 140 Å². The summed E-state index contributed by atoms with van der Waals surface area (Å²) in [6.07, 6.45) is 0. The molecule has 4 heterocycles. The third-order valence-corrected chi connectivity index (χ3v) is 11.9. The van der Waals surface area contributed by atoms with Gasteiger partial charge in [0.15, 0.2) is 5.82 Å². The van der Waals surface area contributed by atoms with Gasteiger partial charge in [-0.15, -0.1) is 22.7 Å². The zero-order valence-electron chi connectivity index (χ0n) is 24.9. The lowest BCUT2D eigenvalue weighted by Crippen LogP contribution is -2.03. The second-order valence-electron chi connectivity index (χ2n) is 12.2. The molecule has 47 heavy (non-hydrogen) atoms. The second-order valence-corrected chi connectivity index (χ2v) is 14.2. The van der Waals surface area contributed by atoms with Gasteiger partial charge < -0.3 is 0 Å². The molecule has 11 aromatic rings. The van der Waals surface area contributed by atoms with E-state index in [-0.39, 0.29) is 0 Å². The number of hydrogen-bond donors (Lipinski definition) is 0. The van der Waals surface area contributed by atoms with Crippen molar-refractivity contribution in [3.8, 4) is 17.1 Å². The maximum atomic E-state index is 5.57. The molecule has 0 amide bonds. The number of fused-ring (bicyclic) bond motifs is 12. The van der Waals surface area contributed by atoms with Gasteiger partial charge in [-0.05, 0) is 45.8 Å². The Hall–Kier alpha value is -5.62. The van der Waals surface area contributed by atoms with Crippen molar-refractivity contribution in [1.82, 2.24) is 14.5 Å². The maximum Gasteiger partial charge on any atom is 0.165 e. The van der Waals surface area contributed by atoms with Crippen LogP contribution in [0.1, 0.15) is 0 Å². The first kappa shape index (κ1) is 25.6. The van der Waals surface area contributed by atoms with Crippen LogP contribution in [0.25, 0.3) is 101 Å². The van der Waals surface area contributed by atoms with E-state index in [1.807, 2.05) is 11.3 Å². The molecule has 0 radical (unpaired) electrons. The molecule has 0 spiro atoms. The lowest BCUT2D eigenvalue weighted by molar-refractivity contribution is 1.09. The van der Waals surface area contributed by atoms with Crippen molar-refractivity contribution in [2.45, 2.75) is 0 Å². The molecule has 0 aliphatic carbocycles. The smallest absolute Gasteiger partial charge is 0.165 e. The van der Waals surface area contributed by atoms with E-state index in [0.717, 1.165) is 43.8 Å². The van der Waals surface area contributed by atoms with Crippen molar-refractivity contribution in [3.63, 3.8) is 0 Å². The summed E-state index contributed by atoms with van der Waals surface area (Å²) in [7, 11) is 0. The summed E-state index contributed by atoms with van der Waals surface area (Å²) in [5.41, 5.74) is 5.20. The van der Waals surface area contributed by atoms with Crippen LogP contribution >= 0.6 is 22.7 Å². The molecule has 0 aliphatic rings. The van der Waals surface area contributed by atoms with Gasteiger partial charge in [0.1, 0.15) is 16.0 Å². The summed E-state index contributed by atoms with van der Waals surface area (Å²) in [5.74, 6) is 0.856. The van der Waals surface area contributed by atoms with Gasteiger partial charge in [-0.2, -0.15) is 0 Å². The molecule has 0 bridgehead atoms. The standard InChI is InChI=1S/C42H23N3S2/c1-3-13-26-24(10-1)12-9-17-29(26)38-41(43-39-31-16-6-8-19-36(31)47-42(39)44-38)45-34-18-7-5-15-28(34)32-22-33-30-21-20-25-11-2-4-14-27(25)40(30)46-37(33)23-35(32)45/h1-23H. The van der Waals surface area contributed by atoms with Gasteiger partial charge in [-0.25, -0.2) is 9.97 Å². The SMILES string of the molecule is c1ccc2c(-c3nc4sc5ccccc5c4nc3-n3c4ccccc4c4cc5c(cc43)sc3c4ccccc4ccc53)cccc2c1. The van der Waals surface area contributed by atoms with Gasteiger partial charge in [0, 0.05) is 46.6 Å². The molecule has 0 saturated carbocycles. The van der Waals surface area contributed by atoms with Crippen molar-refractivity contribution in [1.29, 1.82) is 0 Å². The van der Waals surface area contributed by atoms with Crippen molar-refractivity contribution >= 4 is 107 Å². The van der Waals surface area contributed by atoms with Crippen LogP contribution in [0.4, 0.5) is 0 Å². The van der Waals surface area contributed by atoms with E-state index in [1.54, 1.807) is 11.3 Å². The van der Waals surface area contributed by atoms with Crippen LogP contribution in [0.3, 0.4) is 0 Å². The highest BCUT2D eigenvalue weighted by Crippen LogP contribution is 2.44. The average molecular weight is 634 g/mol. The molecule has 4 aromatic heterocycles. The maximum absolute atomic E-state index is 5.57. The molecule has 7 aromatic carbocycles. The number of aromatic nitrogens is 3. The molecule has 0 unspecified atom stereocenters. The quantitative estimate of drug-likeness (QED) is 0.190. The van der Waals surface area contributed by atoms with Gasteiger partial charge >= 0.3 is 0 Å². The topological polar surface area (TPSA) is 30.7 Å². The van der Waals surface area contributed by atoms with Gasteiger partial charge in [0.2, 0.25) is 0 Å². The Balaban J connectivity index is 1.31. The number of rotatable bonds is 2. The third-order valence-electron chi connectivity index (χ3n) is 9.61. The molecule has 218 valence electrons. The van der Waals surface area contributed by atoms with Gasteiger partial charge in [-0.3, -0.25) is 4.57 Å². The fourth-order valence-corrected chi connectivity index (χ4v) is 9.75. The number of thiophene rings is 2. The summed E-state index contributed by atoms with van der Waals surface area (Å²) in [5, 5.41) is 11.1. The zero-order valence-corrected chi connectivity index (χ0v) is 26.6. The molecule has 0 saturated heterocycles.